The van der Waals surface area contributed by atoms with Crippen molar-refractivity contribution < 1.29 is 15.7 Å². The number of carbonyl (C=O) groups excluding carboxylic acids is 2. The molecule has 1 amide bonds. The molecule has 28 heavy (non-hydrogen) atoms. The second-order valence-corrected chi connectivity index (χ2v) is 8.12. The van der Waals surface area contributed by atoms with Crippen molar-refractivity contribution >= 4 is 11.9 Å². The number of aryl methyl sites for hydroxylation is 1. The summed E-state index contributed by atoms with van der Waals surface area (Å²) in [6.45, 7) is 4.39. The summed E-state index contributed by atoms with van der Waals surface area (Å²) >= 11 is 0. The van der Waals surface area contributed by atoms with Gasteiger partial charge >= 0.3 is 5.97 Å². The number of fused-ring (bicyclic) bond motifs is 1. The van der Waals surface area contributed by atoms with Crippen LogP contribution in [0.5, 0.6) is 0 Å². The topological polar surface area (TPSA) is 122 Å². The molecule has 0 bridgehead atoms. The number of rotatable bonds is 8. The number of aromatic amines is 1. The van der Waals surface area contributed by atoms with E-state index in [0.29, 0.717) is 43.7 Å². The van der Waals surface area contributed by atoms with Crippen LogP contribution in [0.2, 0.25) is 0 Å². The zero-order chi connectivity index (χ0) is 20.9. The molecule has 1 aromatic heterocycles. The number of piperidine rings is 1. The second kappa shape index (κ2) is 9.95. The molecule has 3 N–H and O–H groups in total. The Balaban J connectivity index is 1.48. The smallest absolute Gasteiger partial charge is 0.323 e. The Labute approximate surface area is 167 Å². The molecular formula is C19H32N6O3. The predicted octanol–water partition coefficient (Wildman–Crippen LogP) is 0.985. The van der Waals surface area contributed by atoms with Gasteiger partial charge in [-0.05, 0) is 56.9 Å². The van der Waals surface area contributed by atoms with Crippen LogP contribution in [0.3, 0.4) is 0 Å². The number of ether oxygens (including phenoxy) is 1. The van der Waals surface area contributed by atoms with E-state index in [1.807, 2.05) is 0 Å². The van der Waals surface area contributed by atoms with E-state index < -0.39 is 12.0 Å². The van der Waals surface area contributed by atoms with E-state index in [1.165, 1.54) is 6.92 Å². The van der Waals surface area contributed by atoms with Crippen LogP contribution < -0.4 is 10.6 Å². The zero-order valence-electron chi connectivity index (χ0n) is 17.7. The Kier molecular flexibility index (Phi) is 6.86. The van der Waals surface area contributed by atoms with Crippen molar-refractivity contribution in [1.29, 1.82) is 0 Å². The Hall–Kier alpha value is -2.03. The van der Waals surface area contributed by atoms with Crippen molar-refractivity contribution in [1.82, 2.24) is 31.3 Å². The molecule has 9 nitrogen and oxygen atoms in total. The maximum atomic E-state index is 12.7. The van der Waals surface area contributed by atoms with Crippen LogP contribution in [0.15, 0.2) is 0 Å². The largest absolute Gasteiger partial charge is 0.461 e. The fourth-order valence-corrected chi connectivity index (χ4v) is 4.33. The van der Waals surface area contributed by atoms with Gasteiger partial charge in [0.2, 0.25) is 5.91 Å². The summed E-state index contributed by atoms with van der Waals surface area (Å²) in [6.07, 6.45) is 5.78. The molecule has 2 heterocycles. The number of tetrazole rings is 1. The van der Waals surface area contributed by atoms with Gasteiger partial charge in [-0.3, -0.25) is 9.59 Å². The lowest BCUT2D eigenvalue weighted by Gasteiger charge is -2.42. The van der Waals surface area contributed by atoms with Gasteiger partial charge in [0.15, 0.2) is 5.82 Å². The van der Waals surface area contributed by atoms with Gasteiger partial charge in [0.1, 0.15) is 12.1 Å². The van der Waals surface area contributed by atoms with Gasteiger partial charge in [-0.25, -0.2) is 0 Å². The number of aromatic nitrogens is 4. The van der Waals surface area contributed by atoms with E-state index in [4.69, 9.17) is 6.11 Å². The Bertz CT molecular complexity index is 687. The summed E-state index contributed by atoms with van der Waals surface area (Å²) in [5.41, 5.74) is 0. The van der Waals surface area contributed by atoms with Crippen LogP contribution in [0, 0.1) is 17.8 Å². The Morgan fingerprint density at radius 3 is 2.96 bits per heavy atom. The highest BCUT2D eigenvalue weighted by atomic mass is 16.5. The highest BCUT2D eigenvalue weighted by Crippen LogP contribution is 2.40. The molecule has 1 aromatic rings. The molecule has 1 saturated heterocycles. The van der Waals surface area contributed by atoms with E-state index in [1.54, 1.807) is 6.92 Å². The highest BCUT2D eigenvalue weighted by Gasteiger charge is 2.38. The first-order valence-electron chi connectivity index (χ1n) is 10.8. The van der Waals surface area contributed by atoms with Gasteiger partial charge in [0.05, 0.1) is 1.37 Å². The van der Waals surface area contributed by atoms with Crippen LogP contribution in [-0.2, 0) is 20.7 Å². The van der Waals surface area contributed by atoms with Gasteiger partial charge in [-0.2, -0.15) is 5.21 Å². The standard InChI is InChI=1S/C19H32N6O3/c1-12(7-8-20-13(2)26)28-19(27)17-10-16-9-14(3-5-15(16)11-21-17)4-6-18-22-24-25-23-18/h12,14-17,21H,3-11H2,1-2H3,(H,20,26)(H,22,23,24,25)/t12-,14-,15+,16-,17+/m1/s1/i17D. The van der Waals surface area contributed by atoms with Crippen LogP contribution in [0.4, 0.5) is 0 Å². The van der Waals surface area contributed by atoms with Crippen LogP contribution in [0.25, 0.3) is 0 Å². The molecule has 1 aliphatic heterocycles. The molecule has 0 unspecified atom stereocenters. The third-order valence-electron chi connectivity index (χ3n) is 5.94. The maximum absolute atomic E-state index is 12.7. The molecule has 2 fully saturated rings. The Morgan fingerprint density at radius 2 is 2.21 bits per heavy atom. The quantitative estimate of drug-likeness (QED) is 0.563. The van der Waals surface area contributed by atoms with E-state index in [9.17, 15) is 9.59 Å². The molecule has 156 valence electrons. The van der Waals surface area contributed by atoms with E-state index in [0.717, 1.165) is 37.9 Å². The predicted molar refractivity (Wildman–Crippen MR) is 102 cm³/mol. The van der Waals surface area contributed by atoms with Crippen molar-refractivity contribution in [2.45, 2.75) is 70.9 Å². The van der Waals surface area contributed by atoms with E-state index in [-0.39, 0.29) is 12.0 Å². The lowest BCUT2D eigenvalue weighted by molar-refractivity contribution is -0.152. The molecule has 3 rings (SSSR count). The van der Waals surface area contributed by atoms with Crippen LogP contribution in [0.1, 0.15) is 59.6 Å². The van der Waals surface area contributed by atoms with Gasteiger partial charge in [0, 0.05) is 26.3 Å². The molecule has 5 atom stereocenters. The van der Waals surface area contributed by atoms with Gasteiger partial charge in [0.25, 0.3) is 0 Å². The number of nitrogens with zero attached hydrogens (tertiary/aromatic N) is 3. The summed E-state index contributed by atoms with van der Waals surface area (Å²) in [4.78, 5) is 23.6. The second-order valence-electron chi connectivity index (χ2n) is 8.12. The normalized spacial score (nSPS) is 31.4. The van der Waals surface area contributed by atoms with E-state index in [2.05, 4.69) is 31.3 Å². The average Bonchev–Trinajstić information content (AvgIpc) is 3.19. The average molecular weight is 394 g/mol. The monoisotopic (exact) mass is 393 g/mol. The molecule has 0 radical (unpaired) electrons. The van der Waals surface area contributed by atoms with Gasteiger partial charge in [-0.15, -0.1) is 10.2 Å². The summed E-state index contributed by atoms with van der Waals surface area (Å²) in [5.74, 6) is 1.54. The number of amides is 1. The minimum absolute atomic E-state index is 0.105. The summed E-state index contributed by atoms with van der Waals surface area (Å²) in [7, 11) is 0. The SMILES string of the molecule is [2H][C@@]1(C(=O)O[C@H](C)CCNC(C)=O)C[C@H]2C[C@@H](CCc3nn[nH]n3)CC[C@H]2CN1. The molecule has 0 aromatic carbocycles. The number of hydrogen-bond acceptors (Lipinski definition) is 7. The molecule has 0 spiro atoms. The number of hydrogen-bond donors (Lipinski definition) is 3. The van der Waals surface area contributed by atoms with Crippen molar-refractivity contribution in [3.63, 3.8) is 0 Å². The maximum Gasteiger partial charge on any atom is 0.323 e. The Morgan fingerprint density at radius 1 is 1.36 bits per heavy atom. The minimum Gasteiger partial charge on any atom is -0.461 e. The van der Waals surface area contributed by atoms with Crippen molar-refractivity contribution in [2.24, 2.45) is 17.8 Å². The van der Waals surface area contributed by atoms with Crippen molar-refractivity contribution in [2.75, 3.05) is 13.1 Å². The molecule has 9 heteroatoms. The highest BCUT2D eigenvalue weighted by molar-refractivity contribution is 5.76. The first-order valence-corrected chi connectivity index (χ1v) is 10.3. The number of carbonyl (C=O) groups is 2. The minimum atomic E-state index is -1.39. The molecular weight excluding hydrogens is 360 g/mol. The van der Waals surface area contributed by atoms with Gasteiger partial charge < -0.3 is 15.4 Å². The molecule has 1 aliphatic carbocycles. The van der Waals surface area contributed by atoms with Crippen LogP contribution in [-0.4, -0.2) is 57.7 Å². The van der Waals surface area contributed by atoms with Crippen LogP contribution >= 0.6 is 0 Å². The summed E-state index contributed by atoms with van der Waals surface area (Å²) < 4.78 is 14.2. The fourth-order valence-electron chi connectivity index (χ4n) is 4.33. The lowest BCUT2D eigenvalue weighted by Crippen LogP contribution is -2.50. The number of esters is 1. The van der Waals surface area contributed by atoms with Crippen molar-refractivity contribution in [3.8, 4) is 0 Å². The molecule has 2 aliphatic rings. The first-order chi connectivity index (χ1) is 13.9. The van der Waals surface area contributed by atoms with Crippen molar-refractivity contribution in [3.05, 3.63) is 5.82 Å². The third-order valence-corrected chi connectivity index (χ3v) is 5.94. The van der Waals surface area contributed by atoms with E-state index >= 15 is 0 Å². The first kappa shape index (κ1) is 19.3. The molecule has 1 saturated carbocycles. The summed E-state index contributed by atoms with van der Waals surface area (Å²) in [5, 5.41) is 19.9. The zero-order valence-corrected chi connectivity index (χ0v) is 16.7. The summed E-state index contributed by atoms with van der Waals surface area (Å²) in [6, 6.07) is -1.39. The number of H-pyrrole nitrogens is 1. The third kappa shape index (κ3) is 5.98. The van der Waals surface area contributed by atoms with Gasteiger partial charge in [-0.1, -0.05) is 11.6 Å². The number of nitrogens with one attached hydrogen (secondary N) is 3. The fraction of sp³-hybridized carbons (Fsp3) is 0.842. The lowest BCUT2D eigenvalue weighted by atomic mass is 9.69.